The Morgan fingerprint density at radius 1 is 1.57 bits per heavy atom. The second kappa shape index (κ2) is 4.00. The van der Waals surface area contributed by atoms with Crippen molar-refractivity contribution in [2.45, 2.75) is 19.8 Å². The molecule has 0 saturated heterocycles. The van der Waals surface area contributed by atoms with E-state index in [0.717, 1.165) is 12.7 Å². The standard InChI is InChI=1S/C8H13NO4S/c1-7(10)9-5-3-4-8(6-9)13-14(2,11)12/h6H,3-5H2,1-2H3. The summed E-state index contributed by atoms with van der Waals surface area (Å²) in [6, 6.07) is 0. The summed E-state index contributed by atoms with van der Waals surface area (Å²) < 4.78 is 26.3. The maximum Gasteiger partial charge on any atom is 0.305 e. The molecule has 0 N–H and O–H groups in total. The molecule has 0 radical (unpaired) electrons. The van der Waals surface area contributed by atoms with E-state index in [0.29, 0.717) is 18.7 Å². The minimum atomic E-state index is -3.48. The third kappa shape index (κ3) is 3.37. The van der Waals surface area contributed by atoms with Crippen molar-refractivity contribution in [3.8, 4) is 0 Å². The molecule has 0 aromatic carbocycles. The van der Waals surface area contributed by atoms with Gasteiger partial charge < -0.3 is 9.08 Å². The van der Waals surface area contributed by atoms with Crippen molar-refractivity contribution in [2.24, 2.45) is 0 Å². The van der Waals surface area contributed by atoms with E-state index in [4.69, 9.17) is 4.18 Å². The Morgan fingerprint density at radius 3 is 2.71 bits per heavy atom. The topological polar surface area (TPSA) is 63.7 Å². The summed E-state index contributed by atoms with van der Waals surface area (Å²) in [5.74, 6) is 0.216. The molecule has 0 bridgehead atoms. The fraction of sp³-hybridized carbons (Fsp3) is 0.625. The SMILES string of the molecule is CC(=O)N1C=C(OS(C)(=O)=O)CCC1. The van der Waals surface area contributed by atoms with Crippen LogP contribution in [0.2, 0.25) is 0 Å². The first kappa shape index (κ1) is 11.0. The van der Waals surface area contributed by atoms with Crippen LogP contribution in [0.4, 0.5) is 0 Å². The minimum absolute atomic E-state index is 0.112. The summed E-state index contributed by atoms with van der Waals surface area (Å²) in [6.07, 6.45) is 3.71. The molecule has 0 atom stereocenters. The Hall–Kier alpha value is -1.04. The molecule has 1 rings (SSSR count). The molecular weight excluding hydrogens is 206 g/mol. The maximum absolute atomic E-state index is 11.0. The highest BCUT2D eigenvalue weighted by Crippen LogP contribution is 2.17. The Morgan fingerprint density at radius 2 is 2.21 bits per heavy atom. The van der Waals surface area contributed by atoms with Crippen LogP contribution in [0.15, 0.2) is 12.0 Å². The van der Waals surface area contributed by atoms with Crippen molar-refractivity contribution >= 4 is 16.0 Å². The number of allylic oxidation sites excluding steroid dienone is 1. The van der Waals surface area contributed by atoms with E-state index in [1.54, 1.807) is 0 Å². The van der Waals surface area contributed by atoms with E-state index in [2.05, 4.69) is 0 Å². The highest BCUT2D eigenvalue weighted by atomic mass is 32.2. The van der Waals surface area contributed by atoms with Crippen LogP contribution < -0.4 is 0 Å². The number of nitrogens with zero attached hydrogens (tertiary/aromatic N) is 1. The molecule has 0 aliphatic carbocycles. The van der Waals surface area contributed by atoms with E-state index < -0.39 is 10.1 Å². The van der Waals surface area contributed by atoms with Crippen LogP contribution in [-0.4, -0.2) is 32.0 Å². The molecule has 0 unspecified atom stereocenters. The van der Waals surface area contributed by atoms with Gasteiger partial charge in [-0.15, -0.1) is 0 Å². The summed E-state index contributed by atoms with van der Waals surface area (Å²) in [7, 11) is -3.48. The van der Waals surface area contributed by atoms with E-state index >= 15 is 0 Å². The van der Waals surface area contributed by atoms with Gasteiger partial charge in [-0.25, -0.2) is 0 Å². The smallest absolute Gasteiger partial charge is 0.305 e. The molecule has 0 saturated carbocycles. The van der Waals surface area contributed by atoms with E-state index in [-0.39, 0.29) is 5.91 Å². The summed E-state index contributed by atoms with van der Waals surface area (Å²) in [4.78, 5) is 12.4. The summed E-state index contributed by atoms with van der Waals surface area (Å²) in [5, 5.41) is 0. The quantitative estimate of drug-likeness (QED) is 0.632. The maximum atomic E-state index is 11.0. The zero-order valence-corrected chi connectivity index (χ0v) is 9.00. The van der Waals surface area contributed by atoms with Gasteiger partial charge in [-0.05, 0) is 6.42 Å². The molecule has 0 spiro atoms. The summed E-state index contributed by atoms with van der Waals surface area (Å²) in [5.41, 5.74) is 0. The molecule has 0 aromatic heterocycles. The molecular formula is C8H13NO4S. The van der Waals surface area contributed by atoms with Gasteiger partial charge in [0.05, 0.1) is 6.26 Å². The number of rotatable bonds is 2. The summed E-state index contributed by atoms with van der Waals surface area (Å²) >= 11 is 0. The first-order valence-electron chi connectivity index (χ1n) is 4.26. The van der Waals surface area contributed by atoms with Crippen LogP contribution in [0.5, 0.6) is 0 Å². The highest BCUT2D eigenvalue weighted by Gasteiger charge is 2.16. The predicted octanol–water partition coefficient (Wildman–Crippen LogP) is 0.446. The van der Waals surface area contributed by atoms with Gasteiger partial charge in [-0.1, -0.05) is 0 Å². The van der Waals surface area contributed by atoms with E-state index in [9.17, 15) is 13.2 Å². The third-order valence-corrected chi connectivity index (χ3v) is 2.30. The van der Waals surface area contributed by atoms with Crippen LogP contribution in [0.3, 0.4) is 0 Å². The Bertz CT molecular complexity index is 358. The van der Waals surface area contributed by atoms with Gasteiger partial charge in [-0.3, -0.25) is 4.79 Å². The Labute approximate surface area is 83.5 Å². The first-order chi connectivity index (χ1) is 6.38. The van der Waals surface area contributed by atoms with Crippen molar-refractivity contribution in [3.05, 3.63) is 12.0 Å². The molecule has 5 nitrogen and oxygen atoms in total. The van der Waals surface area contributed by atoms with Crippen molar-refractivity contribution in [3.63, 3.8) is 0 Å². The average Bonchev–Trinajstić information content (AvgIpc) is 2.01. The highest BCUT2D eigenvalue weighted by molar-refractivity contribution is 7.86. The van der Waals surface area contributed by atoms with Crippen molar-refractivity contribution < 1.29 is 17.4 Å². The third-order valence-electron chi connectivity index (χ3n) is 1.78. The van der Waals surface area contributed by atoms with Gasteiger partial charge in [0.15, 0.2) is 0 Å². The van der Waals surface area contributed by atoms with Gasteiger partial charge in [0.2, 0.25) is 5.91 Å². The fourth-order valence-electron chi connectivity index (χ4n) is 1.23. The molecule has 6 heteroatoms. The number of carbonyl (C=O) groups is 1. The Balaban J connectivity index is 2.74. The number of amides is 1. The molecule has 1 heterocycles. The molecule has 0 aromatic rings. The minimum Gasteiger partial charge on any atom is -0.386 e. The largest absolute Gasteiger partial charge is 0.386 e. The number of hydrogen-bond acceptors (Lipinski definition) is 4. The zero-order chi connectivity index (χ0) is 10.8. The second-order valence-electron chi connectivity index (χ2n) is 3.20. The monoisotopic (exact) mass is 219 g/mol. The van der Waals surface area contributed by atoms with Gasteiger partial charge in [0, 0.05) is 26.1 Å². The normalized spacial score (nSPS) is 17.6. The van der Waals surface area contributed by atoms with Crippen LogP contribution in [0.1, 0.15) is 19.8 Å². The van der Waals surface area contributed by atoms with Gasteiger partial charge in [0.25, 0.3) is 0 Å². The Kier molecular flexibility index (Phi) is 3.15. The van der Waals surface area contributed by atoms with E-state index in [1.165, 1.54) is 18.0 Å². The number of carbonyl (C=O) groups excluding carboxylic acids is 1. The lowest BCUT2D eigenvalue weighted by Crippen LogP contribution is -2.28. The lowest BCUT2D eigenvalue weighted by Gasteiger charge is -2.22. The molecule has 1 amide bonds. The molecule has 1 aliphatic rings. The van der Waals surface area contributed by atoms with Crippen LogP contribution in [0, 0.1) is 0 Å². The fourth-order valence-corrected chi connectivity index (χ4v) is 1.75. The lowest BCUT2D eigenvalue weighted by molar-refractivity contribution is -0.126. The van der Waals surface area contributed by atoms with E-state index in [1.807, 2.05) is 0 Å². The predicted molar refractivity (Wildman–Crippen MR) is 50.6 cm³/mol. The van der Waals surface area contributed by atoms with Crippen molar-refractivity contribution in [1.82, 2.24) is 4.90 Å². The molecule has 14 heavy (non-hydrogen) atoms. The average molecular weight is 219 g/mol. The van der Waals surface area contributed by atoms with Gasteiger partial charge in [0.1, 0.15) is 5.76 Å². The van der Waals surface area contributed by atoms with Crippen LogP contribution in [-0.2, 0) is 19.1 Å². The van der Waals surface area contributed by atoms with Crippen LogP contribution in [0.25, 0.3) is 0 Å². The lowest BCUT2D eigenvalue weighted by atomic mass is 10.2. The molecule has 1 aliphatic heterocycles. The van der Waals surface area contributed by atoms with Crippen molar-refractivity contribution in [1.29, 1.82) is 0 Å². The van der Waals surface area contributed by atoms with Gasteiger partial charge >= 0.3 is 10.1 Å². The first-order valence-corrected chi connectivity index (χ1v) is 6.07. The number of hydrogen-bond donors (Lipinski definition) is 0. The van der Waals surface area contributed by atoms with Gasteiger partial charge in [-0.2, -0.15) is 8.42 Å². The molecule has 80 valence electrons. The van der Waals surface area contributed by atoms with Crippen LogP contribution >= 0.6 is 0 Å². The van der Waals surface area contributed by atoms with Crippen molar-refractivity contribution in [2.75, 3.05) is 12.8 Å². The molecule has 0 fully saturated rings. The second-order valence-corrected chi connectivity index (χ2v) is 4.77. The zero-order valence-electron chi connectivity index (χ0n) is 8.19. The summed E-state index contributed by atoms with van der Waals surface area (Å²) in [6.45, 7) is 2.05.